The molecule has 1 aromatic rings. The van der Waals surface area contributed by atoms with Crippen molar-refractivity contribution >= 4 is 52.0 Å². The van der Waals surface area contributed by atoms with E-state index < -0.39 is 11.7 Å². The minimum absolute atomic E-state index is 0. The molecular weight excluding hydrogens is 499 g/mol. The van der Waals surface area contributed by atoms with Crippen molar-refractivity contribution in [2.24, 2.45) is 4.99 Å². The molecule has 6 nitrogen and oxygen atoms in total. The third kappa shape index (κ3) is 12.0. The van der Waals surface area contributed by atoms with Gasteiger partial charge in [-0.2, -0.15) is 0 Å². The molecule has 3 N–H and O–H groups in total. The Bertz CT molecular complexity index is 562. The Morgan fingerprint density at radius 3 is 2.48 bits per heavy atom. The van der Waals surface area contributed by atoms with Gasteiger partial charge in [-0.1, -0.05) is 28.1 Å². The number of hydrogen-bond acceptors (Lipinski definition) is 3. The second kappa shape index (κ2) is 12.3. The number of nitrogens with zero attached hydrogens (tertiary/aromatic N) is 1. The molecule has 1 aromatic carbocycles. The summed E-state index contributed by atoms with van der Waals surface area (Å²) in [7, 11) is 0. The summed E-state index contributed by atoms with van der Waals surface area (Å²) in [4.78, 5) is 16.1. The SMILES string of the molecule is CCNC(=NCc1cccc(Br)c1)NCCNC(=O)OC(C)(C)C.I. The van der Waals surface area contributed by atoms with Crippen LogP contribution < -0.4 is 16.0 Å². The highest BCUT2D eigenvalue weighted by atomic mass is 127. The van der Waals surface area contributed by atoms with Gasteiger partial charge in [-0.3, -0.25) is 0 Å². The Balaban J connectivity index is 0.00000576. The number of ether oxygens (including phenoxy) is 1. The fraction of sp³-hybridized carbons (Fsp3) is 0.529. The summed E-state index contributed by atoms with van der Waals surface area (Å²) in [6, 6.07) is 8.04. The van der Waals surface area contributed by atoms with Crippen molar-refractivity contribution in [3.05, 3.63) is 34.3 Å². The zero-order valence-corrected chi connectivity index (χ0v) is 19.1. The first kappa shape index (κ1) is 24.0. The van der Waals surface area contributed by atoms with Gasteiger partial charge in [-0.15, -0.1) is 24.0 Å². The highest BCUT2D eigenvalue weighted by molar-refractivity contribution is 14.0. The third-order valence-electron chi connectivity index (χ3n) is 2.74. The standard InChI is InChI=1S/C17H27BrN4O2.HI/c1-5-19-15(22-12-13-7-6-8-14(18)11-13)20-9-10-21-16(23)24-17(2,3)4;/h6-8,11H,5,9-10,12H2,1-4H3,(H,21,23)(H2,19,20,22);1H. The number of rotatable bonds is 6. The maximum absolute atomic E-state index is 11.6. The lowest BCUT2D eigenvalue weighted by Crippen LogP contribution is -2.42. The number of carbonyl (C=O) groups excluding carboxylic acids is 1. The number of nitrogens with one attached hydrogen (secondary N) is 3. The number of alkyl carbamates (subject to hydrolysis) is 1. The molecule has 0 bridgehead atoms. The summed E-state index contributed by atoms with van der Waals surface area (Å²) in [6.07, 6.45) is -0.416. The van der Waals surface area contributed by atoms with Gasteiger partial charge >= 0.3 is 6.09 Å². The highest BCUT2D eigenvalue weighted by Gasteiger charge is 2.15. The van der Waals surface area contributed by atoms with E-state index in [1.807, 2.05) is 52.0 Å². The fourth-order valence-electron chi connectivity index (χ4n) is 1.81. The number of halogens is 2. The maximum Gasteiger partial charge on any atom is 0.407 e. The van der Waals surface area contributed by atoms with E-state index >= 15 is 0 Å². The van der Waals surface area contributed by atoms with Crippen molar-refractivity contribution in [2.75, 3.05) is 19.6 Å². The number of hydrogen-bond donors (Lipinski definition) is 3. The molecule has 8 heteroatoms. The molecule has 1 amide bonds. The molecule has 25 heavy (non-hydrogen) atoms. The molecule has 0 saturated carbocycles. The Morgan fingerprint density at radius 1 is 1.20 bits per heavy atom. The van der Waals surface area contributed by atoms with Crippen LogP contribution in [0.4, 0.5) is 4.79 Å². The van der Waals surface area contributed by atoms with Gasteiger partial charge in [0.15, 0.2) is 5.96 Å². The molecule has 0 spiro atoms. The molecule has 142 valence electrons. The molecule has 0 heterocycles. The summed E-state index contributed by atoms with van der Waals surface area (Å²) >= 11 is 3.45. The largest absolute Gasteiger partial charge is 0.444 e. The van der Waals surface area contributed by atoms with Crippen LogP contribution >= 0.6 is 39.9 Å². The lowest BCUT2D eigenvalue weighted by molar-refractivity contribution is 0.0529. The number of carbonyl (C=O) groups is 1. The van der Waals surface area contributed by atoms with Crippen molar-refractivity contribution in [3.8, 4) is 0 Å². The van der Waals surface area contributed by atoms with Gasteiger partial charge in [0.1, 0.15) is 5.60 Å². The van der Waals surface area contributed by atoms with Crippen LogP contribution in [0.25, 0.3) is 0 Å². The highest BCUT2D eigenvalue weighted by Crippen LogP contribution is 2.12. The Kier molecular flexibility index (Phi) is 11.8. The van der Waals surface area contributed by atoms with E-state index in [9.17, 15) is 4.79 Å². The number of aliphatic imine (C=N–C) groups is 1. The van der Waals surface area contributed by atoms with E-state index in [1.54, 1.807) is 0 Å². The average molecular weight is 527 g/mol. The Hall–Kier alpha value is -1.03. The van der Waals surface area contributed by atoms with Crippen LogP contribution in [0.1, 0.15) is 33.3 Å². The van der Waals surface area contributed by atoms with Gasteiger partial charge < -0.3 is 20.7 Å². The summed E-state index contributed by atoms with van der Waals surface area (Å²) in [6.45, 7) is 9.88. The molecular formula is C17H28BrIN4O2. The molecule has 0 fully saturated rings. The summed E-state index contributed by atoms with van der Waals surface area (Å²) < 4.78 is 6.22. The molecule has 1 rings (SSSR count). The lowest BCUT2D eigenvalue weighted by atomic mass is 10.2. The van der Waals surface area contributed by atoms with E-state index in [0.29, 0.717) is 25.6 Å². The fourth-order valence-corrected chi connectivity index (χ4v) is 2.25. The molecule has 0 radical (unpaired) electrons. The zero-order chi connectivity index (χ0) is 18.0. The van der Waals surface area contributed by atoms with E-state index in [1.165, 1.54) is 0 Å². The van der Waals surface area contributed by atoms with E-state index in [4.69, 9.17) is 4.74 Å². The van der Waals surface area contributed by atoms with E-state index in [0.717, 1.165) is 16.6 Å². The number of benzene rings is 1. The van der Waals surface area contributed by atoms with Crippen LogP contribution in [-0.2, 0) is 11.3 Å². The zero-order valence-electron chi connectivity index (χ0n) is 15.2. The second-order valence-corrected chi connectivity index (χ2v) is 7.10. The number of amides is 1. The summed E-state index contributed by atoms with van der Waals surface area (Å²) in [5.41, 5.74) is 0.631. The predicted molar refractivity (Wildman–Crippen MR) is 117 cm³/mol. The van der Waals surface area contributed by atoms with Crippen molar-refractivity contribution in [2.45, 2.75) is 39.8 Å². The lowest BCUT2D eigenvalue weighted by Gasteiger charge is -2.19. The van der Waals surface area contributed by atoms with Gasteiger partial charge in [-0.25, -0.2) is 9.79 Å². The summed E-state index contributed by atoms with van der Waals surface area (Å²) in [5.74, 6) is 0.712. The monoisotopic (exact) mass is 526 g/mol. The van der Waals surface area contributed by atoms with Crippen LogP contribution in [0.5, 0.6) is 0 Å². The Labute approximate surface area is 175 Å². The summed E-state index contributed by atoms with van der Waals surface area (Å²) in [5, 5.41) is 9.06. The van der Waals surface area contributed by atoms with Crippen LogP contribution in [0.15, 0.2) is 33.7 Å². The topological polar surface area (TPSA) is 74.8 Å². The maximum atomic E-state index is 11.6. The van der Waals surface area contributed by atoms with Crippen LogP contribution in [-0.4, -0.2) is 37.3 Å². The van der Waals surface area contributed by atoms with E-state index in [2.05, 4.69) is 36.9 Å². The first-order valence-corrected chi connectivity index (χ1v) is 8.83. The molecule has 0 atom stereocenters. The van der Waals surface area contributed by atoms with E-state index in [-0.39, 0.29) is 24.0 Å². The minimum Gasteiger partial charge on any atom is -0.444 e. The van der Waals surface area contributed by atoms with Gasteiger partial charge in [0.2, 0.25) is 0 Å². The minimum atomic E-state index is -0.488. The van der Waals surface area contributed by atoms with Crippen LogP contribution in [0.3, 0.4) is 0 Å². The molecule has 0 aliphatic rings. The molecule has 0 unspecified atom stereocenters. The van der Waals surface area contributed by atoms with Crippen molar-refractivity contribution < 1.29 is 9.53 Å². The van der Waals surface area contributed by atoms with Gasteiger partial charge in [-0.05, 0) is 45.4 Å². The predicted octanol–water partition coefficient (Wildman–Crippen LogP) is 3.65. The van der Waals surface area contributed by atoms with Crippen molar-refractivity contribution in [1.29, 1.82) is 0 Å². The second-order valence-electron chi connectivity index (χ2n) is 6.18. The quantitative estimate of drug-likeness (QED) is 0.229. The van der Waals surface area contributed by atoms with Crippen molar-refractivity contribution in [3.63, 3.8) is 0 Å². The van der Waals surface area contributed by atoms with Crippen LogP contribution in [0, 0.1) is 0 Å². The number of guanidine groups is 1. The third-order valence-corrected chi connectivity index (χ3v) is 3.23. The first-order valence-electron chi connectivity index (χ1n) is 8.03. The van der Waals surface area contributed by atoms with Gasteiger partial charge in [0.05, 0.1) is 6.54 Å². The molecule has 0 saturated heterocycles. The van der Waals surface area contributed by atoms with Gasteiger partial charge in [0.25, 0.3) is 0 Å². The van der Waals surface area contributed by atoms with Gasteiger partial charge in [0, 0.05) is 24.1 Å². The molecule has 0 aliphatic heterocycles. The normalized spacial score (nSPS) is 11.3. The Morgan fingerprint density at radius 2 is 1.88 bits per heavy atom. The molecule has 0 aromatic heterocycles. The average Bonchev–Trinajstić information content (AvgIpc) is 2.47. The molecule has 0 aliphatic carbocycles. The van der Waals surface area contributed by atoms with Crippen LogP contribution in [0.2, 0.25) is 0 Å². The first-order chi connectivity index (χ1) is 11.3. The smallest absolute Gasteiger partial charge is 0.407 e. The van der Waals surface area contributed by atoms with Crippen molar-refractivity contribution in [1.82, 2.24) is 16.0 Å².